The highest BCUT2D eigenvalue weighted by Crippen LogP contribution is 2.32. The quantitative estimate of drug-likeness (QED) is 0.647. The molecule has 2 atom stereocenters. The Morgan fingerprint density at radius 2 is 2.29 bits per heavy atom. The molecule has 1 fully saturated rings. The lowest BCUT2D eigenvalue weighted by Crippen LogP contribution is -2.47. The van der Waals surface area contributed by atoms with Gasteiger partial charge in [-0.1, -0.05) is 0 Å². The van der Waals surface area contributed by atoms with Gasteiger partial charge in [0.1, 0.15) is 0 Å². The predicted molar refractivity (Wildman–Crippen MR) is 58.1 cm³/mol. The Morgan fingerprint density at radius 3 is 2.71 bits per heavy atom. The molecule has 8 heteroatoms. The first-order chi connectivity index (χ1) is 7.75. The van der Waals surface area contributed by atoms with E-state index in [-0.39, 0.29) is 17.9 Å². The molecule has 7 nitrogen and oxygen atoms in total. The van der Waals surface area contributed by atoms with Crippen molar-refractivity contribution in [3.63, 3.8) is 0 Å². The van der Waals surface area contributed by atoms with Crippen molar-refractivity contribution in [2.45, 2.75) is 18.9 Å². The molecule has 2 aliphatic rings. The zero-order valence-electron chi connectivity index (χ0n) is 9.16. The third kappa shape index (κ3) is 1.92. The second-order valence-corrected chi connectivity index (χ2v) is 6.75. The lowest BCUT2D eigenvalue weighted by atomic mass is 10.00. The summed E-state index contributed by atoms with van der Waals surface area (Å²) in [6.07, 6.45) is 1.33. The van der Waals surface area contributed by atoms with Crippen LogP contribution in [0.3, 0.4) is 0 Å². The number of carbonyl (C=O) groups excluding carboxylic acids is 1. The van der Waals surface area contributed by atoms with Gasteiger partial charge in [0.25, 0.3) is 5.91 Å². The fraction of sp³-hybridized carbons (Fsp3) is 0.667. The maximum absolute atomic E-state index is 11.8. The largest absolute Gasteiger partial charge is 0.480 e. The molecule has 2 rings (SSSR count). The van der Waals surface area contributed by atoms with Crippen LogP contribution in [0.2, 0.25) is 0 Å². The van der Waals surface area contributed by atoms with E-state index in [0.717, 1.165) is 11.2 Å². The van der Waals surface area contributed by atoms with Gasteiger partial charge in [0.2, 0.25) is 0 Å². The van der Waals surface area contributed by atoms with Crippen LogP contribution in [0.25, 0.3) is 0 Å². The summed E-state index contributed by atoms with van der Waals surface area (Å²) in [5.41, 5.74) is -0.920. The van der Waals surface area contributed by atoms with Gasteiger partial charge < -0.3 is 5.11 Å². The van der Waals surface area contributed by atoms with Gasteiger partial charge in [-0.15, -0.1) is 0 Å². The second-order valence-electron chi connectivity index (χ2n) is 4.57. The van der Waals surface area contributed by atoms with Crippen molar-refractivity contribution < 1.29 is 23.1 Å². The summed E-state index contributed by atoms with van der Waals surface area (Å²) in [6, 6.07) is 0. The Kier molecular flexibility index (Phi) is 2.49. The Bertz CT molecular complexity index is 511. The molecule has 1 N–H and O–H groups in total. The van der Waals surface area contributed by atoms with E-state index >= 15 is 0 Å². The molecular formula is C9H12N2O5S. The van der Waals surface area contributed by atoms with E-state index < -0.39 is 33.2 Å². The van der Waals surface area contributed by atoms with E-state index in [9.17, 15) is 18.0 Å². The van der Waals surface area contributed by atoms with Gasteiger partial charge in [0, 0.05) is 6.21 Å². The predicted octanol–water partition coefficient (Wildman–Crippen LogP) is -0.908. The van der Waals surface area contributed by atoms with Gasteiger partial charge in [-0.25, -0.2) is 13.4 Å². The van der Waals surface area contributed by atoms with Gasteiger partial charge in [0.05, 0.1) is 17.0 Å². The zero-order valence-corrected chi connectivity index (χ0v) is 9.98. The van der Waals surface area contributed by atoms with Crippen LogP contribution in [0.5, 0.6) is 0 Å². The Labute approximate surface area is 98.0 Å². The first-order valence-corrected chi connectivity index (χ1v) is 6.89. The summed E-state index contributed by atoms with van der Waals surface area (Å²) in [7, 11) is -3.17. The molecule has 1 amide bonds. The number of carbonyl (C=O) groups is 2. The molecule has 0 radical (unpaired) electrons. The highest BCUT2D eigenvalue weighted by atomic mass is 32.2. The van der Waals surface area contributed by atoms with Crippen LogP contribution in [0.15, 0.2) is 5.10 Å². The van der Waals surface area contributed by atoms with Crippen LogP contribution in [-0.2, 0) is 19.4 Å². The number of nitrogens with zero attached hydrogens (tertiary/aromatic N) is 2. The maximum atomic E-state index is 11.8. The second kappa shape index (κ2) is 3.52. The molecule has 2 heterocycles. The molecule has 0 aliphatic carbocycles. The van der Waals surface area contributed by atoms with Crippen molar-refractivity contribution in [2.75, 3.05) is 11.5 Å². The standard InChI is InChI=1S/C9H12N2O5S/c1-9(2-3-17(15,16)5-9)11-7(12)6(4-10-11)8(13)14/h4,6H,2-3,5H2,1H3,(H,13,14). The van der Waals surface area contributed by atoms with Crippen molar-refractivity contribution in [1.82, 2.24) is 5.01 Å². The van der Waals surface area contributed by atoms with E-state index in [2.05, 4.69) is 5.10 Å². The number of hydrogen-bond acceptors (Lipinski definition) is 5. The zero-order chi connectivity index (χ0) is 12.8. The number of carboxylic acids is 1. The van der Waals surface area contributed by atoms with Gasteiger partial charge >= 0.3 is 5.97 Å². The van der Waals surface area contributed by atoms with Crippen LogP contribution in [-0.4, -0.2) is 53.7 Å². The first kappa shape index (κ1) is 12.0. The summed E-state index contributed by atoms with van der Waals surface area (Å²) >= 11 is 0. The van der Waals surface area contributed by atoms with Crippen molar-refractivity contribution in [1.29, 1.82) is 0 Å². The van der Waals surface area contributed by atoms with Gasteiger partial charge in [-0.05, 0) is 13.3 Å². The van der Waals surface area contributed by atoms with Crippen LogP contribution in [0.1, 0.15) is 13.3 Å². The van der Waals surface area contributed by atoms with Crippen LogP contribution < -0.4 is 0 Å². The lowest BCUT2D eigenvalue weighted by molar-refractivity contribution is -0.148. The number of carboxylic acid groups (broad SMARTS) is 1. The molecule has 17 heavy (non-hydrogen) atoms. The Morgan fingerprint density at radius 1 is 1.65 bits per heavy atom. The average Bonchev–Trinajstić information content (AvgIpc) is 2.68. The smallest absolute Gasteiger partial charge is 0.321 e. The number of hydrogen-bond donors (Lipinski definition) is 1. The van der Waals surface area contributed by atoms with Gasteiger partial charge in [-0.2, -0.15) is 5.10 Å². The molecule has 1 saturated heterocycles. The van der Waals surface area contributed by atoms with Gasteiger partial charge in [0.15, 0.2) is 15.8 Å². The maximum Gasteiger partial charge on any atom is 0.321 e. The summed E-state index contributed by atoms with van der Waals surface area (Å²) in [4.78, 5) is 22.5. The summed E-state index contributed by atoms with van der Waals surface area (Å²) in [6.45, 7) is 1.61. The topological polar surface area (TPSA) is 104 Å². The van der Waals surface area contributed by atoms with E-state index in [4.69, 9.17) is 5.11 Å². The highest BCUT2D eigenvalue weighted by molar-refractivity contribution is 7.91. The van der Waals surface area contributed by atoms with Crippen LogP contribution in [0.4, 0.5) is 0 Å². The van der Waals surface area contributed by atoms with Crippen molar-refractivity contribution in [3.05, 3.63) is 0 Å². The molecule has 0 aromatic heterocycles. The summed E-state index contributed by atoms with van der Waals surface area (Å²) in [5.74, 6) is -3.41. The fourth-order valence-corrected chi connectivity index (χ4v) is 4.23. The minimum atomic E-state index is -3.17. The normalized spacial score (nSPS) is 35.5. The lowest BCUT2D eigenvalue weighted by Gasteiger charge is -2.30. The minimum Gasteiger partial charge on any atom is -0.480 e. The number of sulfone groups is 1. The van der Waals surface area contributed by atoms with Crippen LogP contribution in [0, 0.1) is 5.92 Å². The third-order valence-electron chi connectivity index (χ3n) is 3.07. The van der Waals surface area contributed by atoms with E-state index in [1.807, 2.05) is 0 Å². The fourth-order valence-electron chi connectivity index (χ4n) is 2.12. The highest BCUT2D eigenvalue weighted by Gasteiger charge is 2.49. The molecule has 0 spiro atoms. The van der Waals surface area contributed by atoms with Gasteiger partial charge in [-0.3, -0.25) is 9.59 Å². The molecular weight excluding hydrogens is 248 g/mol. The number of aliphatic carboxylic acids is 1. The molecule has 2 aliphatic heterocycles. The van der Waals surface area contributed by atoms with E-state index in [0.29, 0.717) is 0 Å². The Balaban J connectivity index is 2.24. The SMILES string of the molecule is CC1(N2N=CC(C(=O)O)C2=O)CCS(=O)(=O)C1. The number of hydrazone groups is 1. The Hall–Kier alpha value is -1.44. The molecule has 2 unspecified atom stereocenters. The monoisotopic (exact) mass is 260 g/mol. The van der Waals surface area contributed by atoms with E-state index in [1.54, 1.807) is 6.92 Å². The summed E-state index contributed by atoms with van der Waals surface area (Å²) < 4.78 is 22.8. The number of amides is 1. The molecule has 94 valence electrons. The molecule has 0 bridgehead atoms. The van der Waals surface area contributed by atoms with Crippen molar-refractivity contribution in [3.8, 4) is 0 Å². The van der Waals surface area contributed by atoms with Crippen LogP contribution >= 0.6 is 0 Å². The van der Waals surface area contributed by atoms with Crippen molar-refractivity contribution >= 4 is 27.9 Å². The molecule has 0 aromatic carbocycles. The minimum absolute atomic E-state index is 0.000534. The molecule has 0 saturated carbocycles. The van der Waals surface area contributed by atoms with Crippen molar-refractivity contribution in [2.24, 2.45) is 11.0 Å². The van der Waals surface area contributed by atoms with E-state index in [1.165, 1.54) is 0 Å². The average molecular weight is 260 g/mol. The first-order valence-electron chi connectivity index (χ1n) is 5.07. The summed E-state index contributed by atoms with van der Waals surface area (Å²) in [5, 5.41) is 13.5. The number of rotatable bonds is 2. The molecule has 0 aromatic rings. The third-order valence-corrected chi connectivity index (χ3v) is 4.95.